The number of ketones is 1. The van der Waals surface area contributed by atoms with Gasteiger partial charge in [0, 0.05) is 18.8 Å². The van der Waals surface area contributed by atoms with Crippen molar-refractivity contribution in [1.82, 2.24) is 0 Å². The number of carbonyl (C=O) groups is 1. The summed E-state index contributed by atoms with van der Waals surface area (Å²) in [6.45, 7) is 12.4. The van der Waals surface area contributed by atoms with Gasteiger partial charge in [0.1, 0.15) is 5.60 Å². The molecule has 0 spiro atoms. The van der Waals surface area contributed by atoms with Crippen LogP contribution in [0.25, 0.3) is 0 Å². The van der Waals surface area contributed by atoms with Crippen LogP contribution in [0.3, 0.4) is 0 Å². The zero-order chi connectivity index (χ0) is 21.8. The minimum atomic E-state index is -1.15. The van der Waals surface area contributed by atoms with Crippen LogP contribution in [0.1, 0.15) is 81.5 Å². The summed E-state index contributed by atoms with van der Waals surface area (Å²) in [6.07, 6.45) is 9.06. The summed E-state index contributed by atoms with van der Waals surface area (Å²) >= 11 is 0. The van der Waals surface area contributed by atoms with Crippen LogP contribution in [0.15, 0.2) is 22.9 Å². The fourth-order valence-electron chi connectivity index (χ4n) is 7.75. The van der Waals surface area contributed by atoms with Gasteiger partial charge in [-0.05, 0) is 86.2 Å². The molecule has 4 heteroatoms. The van der Waals surface area contributed by atoms with Crippen molar-refractivity contribution in [2.24, 2.45) is 40.2 Å². The van der Waals surface area contributed by atoms with Crippen LogP contribution in [0, 0.1) is 39.9 Å². The molecule has 3 saturated carbocycles. The van der Waals surface area contributed by atoms with Gasteiger partial charge in [-0.1, -0.05) is 40.2 Å². The summed E-state index contributed by atoms with van der Waals surface area (Å²) in [4.78, 5) is 12.4. The predicted molar refractivity (Wildman–Crippen MR) is 121 cm³/mol. The lowest BCUT2D eigenvalue weighted by atomic mass is 9.44. The van der Waals surface area contributed by atoms with Gasteiger partial charge in [0.05, 0.1) is 0 Å². The molecule has 4 aliphatic carbocycles. The molecule has 0 bridgehead atoms. The Bertz CT molecular complexity index is 775. The summed E-state index contributed by atoms with van der Waals surface area (Å²) in [5.74, 6) is 1.87. The lowest BCUT2D eigenvalue weighted by Gasteiger charge is -2.60. The van der Waals surface area contributed by atoms with Gasteiger partial charge in [0.25, 0.3) is 0 Å². The Balaban J connectivity index is 0.00000104. The Morgan fingerprint density at radius 3 is 2.48 bits per heavy atom. The second kappa shape index (κ2) is 7.37. The van der Waals surface area contributed by atoms with E-state index in [1.165, 1.54) is 11.8 Å². The zero-order valence-electron chi connectivity index (χ0n) is 19.1. The van der Waals surface area contributed by atoms with E-state index in [9.17, 15) is 9.90 Å². The van der Waals surface area contributed by atoms with E-state index in [1.54, 1.807) is 6.92 Å². The molecular formula is C25H42N2O2. The molecule has 0 saturated heterocycles. The highest BCUT2D eigenvalue weighted by Gasteiger charge is 2.66. The van der Waals surface area contributed by atoms with Gasteiger partial charge in [-0.15, -0.1) is 0 Å². The molecule has 4 rings (SSSR count). The lowest BCUT2D eigenvalue weighted by molar-refractivity contribution is -0.160. The topological polar surface area (TPSA) is 87.2 Å². The van der Waals surface area contributed by atoms with Crippen LogP contribution >= 0.6 is 0 Å². The molecular weight excluding hydrogens is 360 g/mol. The lowest BCUT2D eigenvalue weighted by Crippen LogP contribution is -2.57. The Kier molecular flexibility index (Phi) is 5.66. The number of fused-ring (bicyclic) bond motifs is 5. The van der Waals surface area contributed by atoms with Crippen LogP contribution in [0.2, 0.25) is 0 Å². The highest BCUT2D eigenvalue weighted by Crippen LogP contribution is 2.68. The van der Waals surface area contributed by atoms with Gasteiger partial charge in [-0.3, -0.25) is 4.79 Å². The first-order valence-electron chi connectivity index (χ1n) is 11.5. The summed E-state index contributed by atoms with van der Waals surface area (Å²) in [5.41, 5.74) is 7.99. The molecule has 4 aliphatic rings. The Labute approximate surface area is 178 Å². The standard InChI is InChI=1S/C23H34N2O2.C2H6.H2/c1-13-9-16-17(21(3)11-15(12-24)20(25)10-19(13)21)5-7-22(4)18(16)6-8-23(22,27)14(2)26;1-2;/h10,12-13,16-18,24,27H,5-9,11,25H2,1-4H3;1-2H3;1H/t13-,16?,17-,18?,21?,22?,23-;;/m0../s1. The molecule has 164 valence electrons. The van der Waals surface area contributed by atoms with Crippen LogP contribution in [0.4, 0.5) is 0 Å². The Morgan fingerprint density at radius 1 is 1.28 bits per heavy atom. The van der Waals surface area contributed by atoms with E-state index in [2.05, 4.69) is 26.8 Å². The van der Waals surface area contributed by atoms with Crippen molar-refractivity contribution < 1.29 is 11.3 Å². The van der Waals surface area contributed by atoms with Crippen molar-refractivity contribution in [1.29, 1.82) is 5.41 Å². The smallest absolute Gasteiger partial charge is 0.161 e. The predicted octanol–water partition coefficient (Wildman–Crippen LogP) is 5.26. The van der Waals surface area contributed by atoms with Crippen molar-refractivity contribution in [3.8, 4) is 0 Å². The average Bonchev–Trinajstić information content (AvgIpc) is 2.97. The van der Waals surface area contributed by atoms with E-state index < -0.39 is 5.60 Å². The first-order chi connectivity index (χ1) is 13.6. The highest BCUT2D eigenvalue weighted by atomic mass is 16.3. The average molecular weight is 403 g/mol. The largest absolute Gasteiger partial charge is 0.398 e. The van der Waals surface area contributed by atoms with Gasteiger partial charge in [-0.25, -0.2) is 0 Å². The maximum atomic E-state index is 12.4. The SMILES string of the molecule is CC.CC(=O)[C@@]1(O)CCC2C3C[C@H](C)C4=CC(N)=C(C=N)CC4(C)[C@H]3CCC21C.[HH]. The monoisotopic (exact) mass is 402 g/mol. The van der Waals surface area contributed by atoms with Gasteiger partial charge >= 0.3 is 0 Å². The van der Waals surface area contributed by atoms with E-state index >= 15 is 0 Å². The first kappa shape index (κ1) is 22.3. The van der Waals surface area contributed by atoms with Crippen molar-refractivity contribution in [2.75, 3.05) is 0 Å². The summed E-state index contributed by atoms with van der Waals surface area (Å²) in [5, 5.41) is 19.1. The molecule has 4 unspecified atom stereocenters. The van der Waals surface area contributed by atoms with Crippen molar-refractivity contribution in [2.45, 2.75) is 85.7 Å². The summed E-state index contributed by atoms with van der Waals surface area (Å²) in [7, 11) is 0. The van der Waals surface area contributed by atoms with E-state index in [4.69, 9.17) is 11.1 Å². The molecule has 0 aromatic rings. The van der Waals surface area contributed by atoms with Crippen LogP contribution in [-0.4, -0.2) is 22.7 Å². The maximum Gasteiger partial charge on any atom is 0.161 e. The molecule has 7 atom stereocenters. The van der Waals surface area contributed by atoms with E-state index in [0.717, 1.165) is 43.4 Å². The third-order valence-electron chi connectivity index (χ3n) is 9.22. The third-order valence-corrected chi connectivity index (χ3v) is 9.22. The molecule has 0 aliphatic heterocycles. The zero-order valence-corrected chi connectivity index (χ0v) is 19.1. The van der Waals surface area contributed by atoms with Gasteiger partial charge in [-0.2, -0.15) is 0 Å². The molecule has 0 aromatic heterocycles. The Morgan fingerprint density at radius 2 is 1.90 bits per heavy atom. The molecule has 29 heavy (non-hydrogen) atoms. The molecule has 4 nitrogen and oxygen atoms in total. The number of allylic oxidation sites excluding steroid dienone is 3. The summed E-state index contributed by atoms with van der Waals surface area (Å²) in [6, 6.07) is 0. The number of nitrogens with two attached hydrogens (primary N) is 1. The van der Waals surface area contributed by atoms with E-state index in [-0.39, 0.29) is 18.0 Å². The fourth-order valence-corrected chi connectivity index (χ4v) is 7.75. The van der Waals surface area contributed by atoms with Crippen molar-refractivity contribution in [3.63, 3.8) is 0 Å². The van der Waals surface area contributed by atoms with Gasteiger partial charge < -0.3 is 16.2 Å². The molecule has 0 aromatic carbocycles. The minimum Gasteiger partial charge on any atom is -0.398 e. The van der Waals surface area contributed by atoms with E-state index in [0.29, 0.717) is 30.1 Å². The molecule has 0 radical (unpaired) electrons. The molecule has 0 heterocycles. The van der Waals surface area contributed by atoms with Crippen LogP contribution < -0.4 is 5.73 Å². The number of hydrogen-bond acceptors (Lipinski definition) is 4. The van der Waals surface area contributed by atoms with Crippen LogP contribution in [0.5, 0.6) is 0 Å². The number of carbonyl (C=O) groups excluding carboxylic acids is 1. The highest BCUT2D eigenvalue weighted by molar-refractivity contribution is 5.86. The third kappa shape index (κ3) is 2.89. The molecule has 0 amide bonds. The van der Waals surface area contributed by atoms with Crippen molar-refractivity contribution >= 4 is 12.0 Å². The van der Waals surface area contributed by atoms with Crippen LogP contribution in [-0.2, 0) is 4.79 Å². The fraction of sp³-hybridized carbons (Fsp3) is 0.760. The number of rotatable bonds is 2. The number of aliphatic hydroxyl groups is 1. The number of Topliss-reactive ketones (excluding diaryl/α,β-unsaturated/α-hetero) is 1. The summed E-state index contributed by atoms with van der Waals surface area (Å²) < 4.78 is 0. The second-order valence-corrected chi connectivity index (χ2v) is 10.2. The first-order valence-corrected chi connectivity index (χ1v) is 11.5. The van der Waals surface area contributed by atoms with Gasteiger partial charge in [0.2, 0.25) is 0 Å². The molecule has 3 fully saturated rings. The minimum absolute atomic E-state index is 0. The number of hydrogen-bond donors (Lipinski definition) is 3. The quantitative estimate of drug-likeness (QED) is 0.551. The normalized spacial score (nSPS) is 45.8. The second-order valence-electron chi connectivity index (χ2n) is 10.2. The number of nitrogens with one attached hydrogen (secondary N) is 1. The van der Waals surface area contributed by atoms with E-state index in [1.807, 2.05) is 13.8 Å². The van der Waals surface area contributed by atoms with Crippen molar-refractivity contribution in [3.05, 3.63) is 22.9 Å². The van der Waals surface area contributed by atoms with Gasteiger partial charge in [0.15, 0.2) is 5.78 Å². The Hall–Kier alpha value is -1.42. The maximum absolute atomic E-state index is 12.4. The molecule has 4 N–H and O–H groups in total.